The van der Waals surface area contributed by atoms with Gasteiger partial charge in [-0.05, 0) is 74.2 Å². The van der Waals surface area contributed by atoms with E-state index in [1.54, 1.807) is 26.6 Å². The molecule has 0 spiro atoms. The van der Waals surface area contributed by atoms with Crippen LogP contribution in [0.25, 0.3) is 27.7 Å². The minimum atomic E-state index is -0.150. The maximum atomic E-state index is 12.8. The largest absolute Gasteiger partial charge is 0.497 e. The van der Waals surface area contributed by atoms with Gasteiger partial charge >= 0.3 is 0 Å². The molecule has 0 fully saturated rings. The van der Waals surface area contributed by atoms with Gasteiger partial charge in [0.05, 0.1) is 27.1 Å². The lowest BCUT2D eigenvalue weighted by atomic mass is 9.96. The molecule has 0 saturated heterocycles. The Bertz CT molecular complexity index is 1420. The molecule has 1 aromatic heterocycles. The second-order valence-electron chi connectivity index (χ2n) is 8.79. The maximum Gasteiger partial charge on any atom is 0.244 e. The Hall–Kier alpha value is -4.19. The highest BCUT2D eigenvalue weighted by molar-refractivity contribution is 6.01. The predicted molar refractivity (Wildman–Crippen MR) is 147 cm³/mol. The van der Waals surface area contributed by atoms with Crippen molar-refractivity contribution < 1.29 is 23.4 Å². The zero-order chi connectivity index (χ0) is 26.4. The van der Waals surface area contributed by atoms with Crippen LogP contribution in [0.15, 0.2) is 71.4 Å². The lowest BCUT2D eigenvalue weighted by Gasteiger charge is -2.15. The van der Waals surface area contributed by atoms with Crippen LogP contribution in [0.2, 0.25) is 0 Å². The lowest BCUT2D eigenvalue weighted by molar-refractivity contribution is -0.116. The highest BCUT2D eigenvalue weighted by Gasteiger charge is 2.19. The van der Waals surface area contributed by atoms with Crippen molar-refractivity contribution in [1.29, 1.82) is 0 Å². The number of aryl methyl sites for hydroxylation is 1. The number of fused-ring (bicyclic) bond motifs is 1. The van der Waals surface area contributed by atoms with Gasteiger partial charge in [-0.3, -0.25) is 4.79 Å². The molecule has 0 aliphatic carbocycles. The van der Waals surface area contributed by atoms with E-state index in [9.17, 15) is 4.79 Å². The van der Waals surface area contributed by atoms with E-state index in [0.717, 1.165) is 61.6 Å². The van der Waals surface area contributed by atoms with E-state index in [4.69, 9.17) is 18.6 Å². The monoisotopic (exact) mass is 499 g/mol. The first-order valence-electron chi connectivity index (χ1n) is 12.4. The van der Waals surface area contributed by atoms with Gasteiger partial charge in [-0.25, -0.2) is 0 Å². The Morgan fingerprint density at radius 1 is 1.03 bits per heavy atom. The van der Waals surface area contributed by atoms with Gasteiger partial charge in [0.2, 0.25) is 5.91 Å². The average molecular weight is 500 g/mol. The molecule has 0 atom stereocenters. The van der Waals surface area contributed by atoms with Gasteiger partial charge in [-0.2, -0.15) is 0 Å². The van der Waals surface area contributed by atoms with Gasteiger partial charge < -0.3 is 23.9 Å². The van der Waals surface area contributed by atoms with Crippen LogP contribution < -0.4 is 19.5 Å². The summed E-state index contributed by atoms with van der Waals surface area (Å²) in [5.74, 6) is 2.18. The zero-order valence-corrected chi connectivity index (χ0v) is 22.0. The fraction of sp³-hybridized carbons (Fsp3) is 0.258. The highest BCUT2D eigenvalue weighted by Crippen LogP contribution is 2.41. The fourth-order valence-corrected chi connectivity index (χ4v) is 4.42. The van der Waals surface area contributed by atoms with Crippen LogP contribution in [0.3, 0.4) is 0 Å². The van der Waals surface area contributed by atoms with Crippen molar-refractivity contribution in [3.8, 4) is 28.4 Å². The first-order chi connectivity index (χ1) is 17.9. The summed E-state index contributed by atoms with van der Waals surface area (Å²) < 4.78 is 22.6. The lowest BCUT2D eigenvalue weighted by Crippen LogP contribution is -2.23. The molecule has 0 unspecified atom stereocenters. The fourth-order valence-electron chi connectivity index (χ4n) is 4.42. The molecule has 0 saturated carbocycles. The Morgan fingerprint density at radius 3 is 2.49 bits per heavy atom. The van der Waals surface area contributed by atoms with E-state index in [0.29, 0.717) is 19.6 Å². The molecule has 6 nitrogen and oxygen atoms in total. The molecule has 0 aliphatic rings. The molecule has 4 rings (SSSR count). The van der Waals surface area contributed by atoms with E-state index in [-0.39, 0.29) is 5.91 Å². The topological polar surface area (TPSA) is 69.9 Å². The second-order valence-corrected chi connectivity index (χ2v) is 8.79. The van der Waals surface area contributed by atoms with Crippen molar-refractivity contribution in [3.63, 3.8) is 0 Å². The van der Waals surface area contributed by atoms with Crippen molar-refractivity contribution >= 4 is 22.4 Å². The number of rotatable bonds is 10. The Kier molecular flexibility index (Phi) is 8.18. The van der Waals surface area contributed by atoms with E-state index in [2.05, 4.69) is 5.32 Å². The van der Waals surface area contributed by atoms with Gasteiger partial charge in [0.15, 0.2) is 0 Å². The molecular formula is C31H33NO5. The summed E-state index contributed by atoms with van der Waals surface area (Å²) in [4.78, 5) is 12.8. The third-order valence-corrected chi connectivity index (χ3v) is 6.35. The van der Waals surface area contributed by atoms with Crippen molar-refractivity contribution in [2.45, 2.75) is 27.2 Å². The molecule has 192 valence electrons. The molecule has 0 bridgehead atoms. The van der Waals surface area contributed by atoms with Crippen LogP contribution in [-0.2, 0) is 11.2 Å². The minimum Gasteiger partial charge on any atom is -0.497 e. The van der Waals surface area contributed by atoms with Crippen molar-refractivity contribution in [3.05, 3.63) is 83.6 Å². The Labute approximate surface area is 217 Å². The quantitative estimate of drug-likeness (QED) is 0.249. The van der Waals surface area contributed by atoms with Gasteiger partial charge in [-0.15, -0.1) is 0 Å². The molecule has 37 heavy (non-hydrogen) atoms. The summed E-state index contributed by atoms with van der Waals surface area (Å²) in [5, 5.41) is 3.95. The normalized spacial score (nSPS) is 11.4. The van der Waals surface area contributed by atoms with Crippen LogP contribution in [0.1, 0.15) is 30.5 Å². The molecule has 6 heteroatoms. The van der Waals surface area contributed by atoms with Crippen molar-refractivity contribution in [2.75, 3.05) is 27.4 Å². The third-order valence-electron chi connectivity index (χ3n) is 6.35. The summed E-state index contributed by atoms with van der Waals surface area (Å²) in [6.07, 6.45) is 4.11. The van der Waals surface area contributed by atoms with Gasteiger partial charge in [0, 0.05) is 34.7 Å². The molecule has 1 heterocycles. The third kappa shape index (κ3) is 5.80. The molecule has 4 aromatic rings. The van der Waals surface area contributed by atoms with Gasteiger partial charge in [0.25, 0.3) is 0 Å². The minimum absolute atomic E-state index is 0.150. The summed E-state index contributed by atoms with van der Waals surface area (Å²) in [5.41, 5.74) is 6.45. The first-order valence-corrected chi connectivity index (χ1v) is 12.4. The number of amides is 1. The number of carbonyl (C=O) groups is 1. The highest BCUT2D eigenvalue weighted by atomic mass is 16.5. The standard InChI is InChI=1S/C31H33NO5/c1-6-36-30-21(3)31-27(28(19-37-31)23-10-12-24(34-4)13-11-23)18-26(30)20(2)16-29(33)32-15-14-22-8-7-9-25(17-22)35-5/h7-13,16-19H,6,14-15H2,1-5H3,(H,32,33)/b20-16+. The number of hydrogen-bond donors (Lipinski definition) is 1. The van der Waals surface area contributed by atoms with E-state index in [1.807, 2.05) is 75.4 Å². The molecule has 1 N–H and O–H groups in total. The van der Waals surface area contributed by atoms with Crippen LogP contribution in [0, 0.1) is 6.92 Å². The zero-order valence-electron chi connectivity index (χ0n) is 22.0. The number of furan rings is 1. The Morgan fingerprint density at radius 2 is 1.78 bits per heavy atom. The van der Waals surface area contributed by atoms with Crippen LogP contribution in [-0.4, -0.2) is 33.3 Å². The van der Waals surface area contributed by atoms with Gasteiger partial charge in [0.1, 0.15) is 22.8 Å². The molecule has 1 amide bonds. The number of benzene rings is 3. The SMILES string of the molecule is CCOc1c(/C(C)=C/C(=O)NCCc2cccc(OC)c2)cc2c(-c3ccc(OC)cc3)coc2c1C. The molecule has 0 radical (unpaired) electrons. The predicted octanol–water partition coefficient (Wildman–Crippen LogP) is 6.59. The number of ether oxygens (including phenoxy) is 3. The maximum absolute atomic E-state index is 12.8. The summed E-state index contributed by atoms with van der Waals surface area (Å²) in [6.45, 7) is 6.89. The van der Waals surface area contributed by atoms with Crippen LogP contribution >= 0.6 is 0 Å². The molecule has 0 aliphatic heterocycles. The second kappa shape index (κ2) is 11.7. The molecular weight excluding hydrogens is 466 g/mol. The Balaban J connectivity index is 1.61. The van der Waals surface area contributed by atoms with E-state index >= 15 is 0 Å². The number of methoxy groups -OCH3 is 2. The first kappa shape index (κ1) is 25.9. The summed E-state index contributed by atoms with van der Waals surface area (Å²) in [6, 6.07) is 17.8. The van der Waals surface area contributed by atoms with Crippen molar-refractivity contribution in [1.82, 2.24) is 5.32 Å². The average Bonchev–Trinajstić information content (AvgIpc) is 3.34. The number of nitrogens with one attached hydrogen (secondary N) is 1. The summed E-state index contributed by atoms with van der Waals surface area (Å²) >= 11 is 0. The van der Waals surface area contributed by atoms with Gasteiger partial charge in [-0.1, -0.05) is 24.3 Å². The molecule has 3 aromatic carbocycles. The van der Waals surface area contributed by atoms with E-state index < -0.39 is 0 Å². The van der Waals surface area contributed by atoms with Crippen LogP contribution in [0.5, 0.6) is 17.2 Å². The van der Waals surface area contributed by atoms with Crippen molar-refractivity contribution in [2.24, 2.45) is 0 Å². The number of allylic oxidation sites excluding steroid dienone is 1. The number of hydrogen-bond acceptors (Lipinski definition) is 5. The number of carbonyl (C=O) groups excluding carboxylic acids is 1. The van der Waals surface area contributed by atoms with Crippen LogP contribution in [0.4, 0.5) is 0 Å². The smallest absolute Gasteiger partial charge is 0.244 e. The van der Waals surface area contributed by atoms with E-state index in [1.165, 1.54) is 0 Å². The summed E-state index contributed by atoms with van der Waals surface area (Å²) in [7, 11) is 3.30.